The van der Waals surface area contributed by atoms with Gasteiger partial charge in [0.25, 0.3) is 5.91 Å². The Bertz CT molecular complexity index is 1600. The van der Waals surface area contributed by atoms with Gasteiger partial charge in [-0.15, -0.1) is 0 Å². The molecular formula is C32H38N6O5. The van der Waals surface area contributed by atoms with Crippen LogP contribution in [0.2, 0.25) is 0 Å². The minimum atomic E-state index is -0.873. The predicted molar refractivity (Wildman–Crippen MR) is 162 cm³/mol. The summed E-state index contributed by atoms with van der Waals surface area (Å²) in [5, 5.41) is 18.1. The molecule has 5 heterocycles. The topological polar surface area (TPSA) is 126 Å². The molecule has 2 fully saturated rings. The number of nitrogens with zero attached hydrogens (tertiary/aromatic N) is 5. The SMILES string of the molecule is CC(C)(C)C1CN(Cc2ccc(-c3ccc4c(c3)c(C(=O)Nc3ccncc3)nn4C3CCCCO3)o2)CCN1C(=O)O. The maximum Gasteiger partial charge on any atom is 0.407 e. The lowest BCUT2D eigenvalue weighted by atomic mass is 9.84. The normalized spacial score (nSPS) is 19.9. The molecule has 0 saturated carbocycles. The number of aromatic nitrogens is 3. The first-order valence-electron chi connectivity index (χ1n) is 14.8. The average Bonchev–Trinajstić information content (AvgIpc) is 3.62. The van der Waals surface area contributed by atoms with E-state index in [9.17, 15) is 14.7 Å². The molecule has 2 saturated heterocycles. The van der Waals surface area contributed by atoms with Gasteiger partial charge in [-0.3, -0.25) is 14.7 Å². The highest BCUT2D eigenvalue weighted by atomic mass is 16.5. The second-order valence-electron chi connectivity index (χ2n) is 12.4. The molecule has 0 bridgehead atoms. The summed E-state index contributed by atoms with van der Waals surface area (Å²) in [5.74, 6) is 1.18. The van der Waals surface area contributed by atoms with Gasteiger partial charge < -0.3 is 24.5 Å². The van der Waals surface area contributed by atoms with Crippen molar-refractivity contribution in [1.82, 2.24) is 24.6 Å². The van der Waals surface area contributed by atoms with E-state index in [1.807, 2.05) is 35.0 Å². The van der Waals surface area contributed by atoms with Gasteiger partial charge in [-0.25, -0.2) is 9.48 Å². The number of ether oxygens (including phenoxy) is 1. The van der Waals surface area contributed by atoms with Crippen LogP contribution in [-0.4, -0.2) is 74.0 Å². The maximum atomic E-state index is 13.4. The van der Waals surface area contributed by atoms with Gasteiger partial charge in [-0.05, 0) is 67.1 Å². The van der Waals surface area contributed by atoms with Crippen LogP contribution < -0.4 is 5.32 Å². The van der Waals surface area contributed by atoms with Crippen molar-refractivity contribution in [2.45, 2.75) is 58.8 Å². The van der Waals surface area contributed by atoms with Gasteiger partial charge in [0.1, 0.15) is 11.5 Å². The average molecular weight is 587 g/mol. The number of benzene rings is 1. The molecule has 2 aliphatic rings. The van der Waals surface area contributed by atoms with Crippen LogP contribution >= 0.6 is 0 Å². The first kappa shape index (κ1) is 28.9. The van der Waals surface area contributed by atoms with Gasteiger partial charge in [-0.1, -0.05) is 20.8 Å². The molecule has 11 nitrogen and oxygen atoms in total. The lowest BCUT2D eigenvalue weighted by Gasteiger charge is -2.45. The number of carbonyl (C=O) groups is 2. The summed E-state index contributed by atoms with van der Waals surface area (Å²) in [7, 11) is 0. The van der Waals surface area contributed by atoms with Crippen molar-refractivity contribution in [3.63, 3.8) is 0 Å². The molecule has 4 aromatic rings. The molecule has 3 aromatic heterocycles. The Morgan fingerprint density at radius 3 is 2.60 bits per heavy atom. The molecule has 2 atom stereocenters. The highest BCUT2D eigenvalue weighted by Gasteiger charge is 2.38. The van der Waals surface area contributed by atoms with Gasteiger partial charge in [-0.2, -0.15) is 5.10 Å². The number of fused-ring (bicyclic) bond motifs is 1. The molecule has 1 aromatic carbocycles. The van der Waals surface area contributed by atoms with E-state index in [4.69, 9.17) is 14.3 Å². The quantitative estimate of drug-likeness (QED) is 0.288. The van der Waals surface area contributed by atoms with Crippen molar-refractivity contribution in [2.75, 3.05) is 31.6 Å². The minimum Gasteiger partial charge on any atom is -0.465 e. The zero-order valence-corrected chi connectivity index (χ0v) is 24.8. The molecule has 6 rings (SSSR count). The van der Waals surface area contributed by atoms with Crippen molar-refractivity contribution in [3.05, 3.63) is 66.3 Å². The van der Waals surface area contributed by atoms with E-state index < -0.39 is 6.09 Å². The van der Waals surface area contributed by atoms with Crippen molar-refractivity contribution in [1.29, 1.82) is 0 Å². The third-order valence-corrected chi connectivity index (χ3v) is 8.32. The molecule has 2 amide bonds. The number of hydrogen-bond donors (Lipinski definition) is 2. The van der Waals surface area contributed by atoms with Crippen LogP contribution in [-0.2, 0) is 11.3 Å². The number of pyridine rings is 1. The fraction of sp³-hybridized carbons (Fsp3) is 0.438. The number of carbonyl (C=O) groups excluding carboxylic acids is 1. The van der Waals surface area contributed by atoms with Gasteiger partial charge in [0.15, 0.2) is 11.9 Å². The van der Waals surface area contributed by atoms with E-state index in [1.54, 1.807) is 29.4 Å². The summed E-state index contributed by atoms with van der Waals surface area (Å²) in [4.78, 5) is 33.1. The molecular weight excluding hydrogens is 548 g/mol. The molecule has 2 N–H and O–H groups in total. The largest absolute Gasteiger partial charge is 0.465 e. The summed E-state index contributed by atoms with van der Waals surface area (Å²) in [6.45, 7) is 9.21. The van der Waals surface area contributed by atoms with E-state index in [0.717, 1.165) is 36.1 Å². The number of carboxylic acid groups (broad SMARTS) is 1. The Morgan fingerprint density at radius 2 is 1.88 bits per heavy atom. The van der Waals surface area contributed by atoms with Gasteiger partial charge in [0.2, 0.25) is 0 Å². The van der Waals surface area contributed by atoms with Gasteiger partial charge in [0, 0.05) is 55.3 Å². The lowest BCUT2D eigenvalue weighted by molar-refractivity contribution is -0.0367. The van der Waals surface area contributed by atoms with Crippen molar-refractivity contribution in [3.8, 4) is 11.3 Å². The predicted octanol–water partition coefficient (Wildman–Crippen LogP) is 5.85. The fourth-order valence-electron chi connectivity index (χ4n) is 6.02. The molecule has 2 unspecified atom stereocenters. The molecule has 0 radical (unpaired) electrons. The Hall–Kier alpha value is -4.22. The van der Waals surface area contributed by atoms with Crippen LogP contribution in [0, 0.1) is 5.41 Å². The molecule has 2 aliphatic heterocycles. The number of piperazine rings is 1. The van der Waals surface area contributed by atoms with Crippen molar-refractivity contribution >= 4 is 28.6 Å². The fourth-order valence-corrected chi connectivity index (χ4v) is 6.02. The van der Waals surface area contributed by atoms with Crippen molar-refractivity contribution < 1.29 is 23.8 Å². The summed E-state index contributed by atoms with van der Waals surface area (Å²) >= 11 is 0. The van der Waals surface area contributed by atoms with E-state index in [1.165, 1.54) is 0 Å². The highest BCUT2D eigenvalue weighted by molar-refractivity contribution is 6.11. The summed E-state index contributed by atoms with van der Waals surface area (Å²) < 4.78 is 14.2. The zero-order chi connectivity index (χ0) is 30.1. The third-order valence-electron chi connectivity index (χ3n) is 8.32. The number of furan rings is 1. The number of hydrogen-bond acceptors (Lipinski definition) is 7. The lowest BCUT2D eigenvalue weighted by Crippen LogP contribution is -2.59. The van der Waals surface area contributed by atoms with Gasteiger partial charge >= 0.3 is 6.09 Å². The number of nitrogens with one attached hydrogen (secondary N) is 1. The second kappa shape index (κ2) is 11.8. The van der Waals surface area contributed by atoms with Crippen LogP contribution in [0.15, 0.2) is 59.3 Å². The summed E-state index contributed by atoms with van der Waals surface area (Å²) in [6.07, 6.45) is 5.05. The molecule has 226 valence electrons. The Kier molecular flexibility index (Phi) is 7.93. The van der Waals surface area contributed by atoms with Crippen LogP contribution in [0.1, 0.15) is 62.5 Å². The number of anilines is 1. The number of rotatable bonds is 6. The summed E-state index contributed by atoms with van der Waals surface area (Å²) in [5.41, 5.74) is 2.44. The molecule has 11 heteroatoms. The zero-order valence-electron chi connectivity index (χ0n) is 24.8. The summed E-state index contributed by atoms with van der Waals surface area (Å²) in [6, 6.07) is 13.2. The first-order valence-corrected chi connectivity index (χ1v) is 14.8. The molecule has 0 aliphatic carbocycles. The Morgan fingerprint density at radius 1 is 1.07 bits per heavy atom. The second-order valence-corrected chi connectivity index (χ2v) is 12.4. The van der Waals surface area contributed by atoms with E-state index in [0.29, 0.717) is 55.3 Å². The minimum absolute atomic E-state index is 0.114. The van der Waals surface area contributed by atoms with E-state index in [2.05, 4.69) is 36.0 Å². The van der Waals surface area contributed by atoms with E-state index in [-0.39, 0.29) is 23.6 Å². The smallest absolute Gasteiger partial charge is 0.407 e. The Labute approximate surface area is 250 Å². The van der Waals surface area contributed by atoms with Crippen LogP contribution in [0.25, 0.3) is 22.2 Å². The number of amides is 2. The molecule has 0 spiro atoms. The van der Waals surface area contributed by atoms with Gasteiger partial charge in [0.05, 0.1) is 18.1 Å². The van der Waals surface area contributed by atoms with Crippen LogP contribution in [0.4, 0.5) is 10.5 Å². The highest BCUT2D eigenvalue weighted by Crippen LogP contribution is 2.33. The van der Waals surface area contributed by atoms with Crippen molar-refractivity contribution in [2.24, 2.45) is 5.41 Å². The molecule has 43 heavy (non-hydrogen) atoms. The Balaban J connectivity index is 1.27. The first-order chi connectivity index (χ1) is 20.7. The standard InChI is InChI=1S/C32H38N6O5/c1-32(2,3)27-20-36(15-16-37(27)31(40)41)19-23-8-10-26(43-23)21-7-9-25-24(18-21)29(30(39)34-22-11-13-33-14-12-22)35-38(25)28-6-4-5-17-42-28/h7-14,18,27-28H,4-6,15-17,19-20H2,1-3H3,(H,40,41)(H,33,34,39). The van der Waals surface area contributed by atoms with Crippen LogP contribution in [0.5, 0.6) is 0 Å². The van der Waals surface area contributed by atoms with Crippen LogP contribution in [0.3, 0.4) is 0 Å². The van der Waals surface area contributed by atoms with E-state index >= 15 is 0 Å². The monoisotopic (exact) mass is 586 g/mol. The maximum absolute atomic E-state index is 13.4. The third kappa shape index (κ3) is 6.14.